The molecule has 0 aliphatic carbocycles. The van der Waals surface area contributed by atoms with Crippen LogP contribution in [0.5, 0.6) is 0 Å². The summed E-state index contributed by atoms with van der Waals surface area (Å²) in [4.78, 5) is 4.45. The van der Waals surface area contributed by atoms with E-state index in [1.807, 2.05) is 54.6 Å². The lowest BCUT2D eigenvalue weighted by Gasteiger charge is -2.26. The summed E-state index contributed by atoms with van der Waals surface area (Å²) in [6.07, 6.45) is 1.69. The summed E-state index contributed by atoms with van der Waals surface area (Å²) < 4.78 is 5.25. The van der Waals surface area contributed by atoms with E-state index >= 15 is 0 Å². The fourth-order valence-corrected chi connectivity index (χ4v) is 6.75. The number of hydrogen-bond donors (Lipinski definition) is 0. The Kier molecular flexibility index (Phi) is 5.15. The summed E-state index contributed by atoms with van der Waals surface area (Å²) >= 11 is 0. The molecule has 28 heavy (non-hydrogen) atoms. The molecule has 134 valence electrons. The zero-order valence-electron chi connectivity index (χ0n) is 15.2. The van der Waals surface area contributed by atoms with Gasteiger partial charge in [0.15, 0.2) is 5.82 Å². The van der Waals surface area contributed by atoms with Gasteiger partial charge in [-0.1, -0.05) is 91.0 Å². The number of aromatic nitrogens is 1. The molecular formula is C24H18N3P. The molecule has 1 aromatic heterocycles. The Morgan fingerprint density at radius 2 is 1.11 bits per heavy atom. The van der Waals surface area contributed by atoms with Crippen LogP contribution in [0.25, 0.3) is 0 Å². The van der Waals surface area contributed by atoms with Crippen molar-refractivity contribution in [3.63, 3.8) is 0 Å². The minimum absolute atomic E-state index is 0.481. The van der Waals surface area contributed by atoms with Crippen LogP contribution in [-0.4, -0.2) is 4.98 Å². The summed E-state index contributed by atoms with van der Waals surface area (Å²) in [5, 5.41) is 13.0. The van der Waals surface area contributed by atoms with Crippen LogP contribution >= 0.6 is 7.05 Å². The number of pyridine rings is 1. The zero-order chi connectivity index (χ0) is 19.2. The van der Waals surface area contributed by atoms with Gasteiger partial charge in [-0.2, -0.15) is 5.26 Å². The SMILES string of the molecule is N#Cc1cccnc1N=P(c1ccccc1)(c1ccccc1)c1ccccc1. The Balaban J connectivity index is 2.17. The van der Waals surface area contributed by atoms with Gasteiger partial charge in [-0.25, -0.2) is 9.73 Å². The van der Waals surface area contributed by atoms with Crippen LogP contribution in [-0.2, 0) is 0 Å². The van der Waals surface area contributed by atoms with Crippen LogP contribution < -0.4 is 15.9 Å². The third-order valence-electron chi connectivity index (χ3n) is 4.54. The lowest BCUT2D eigenvalue weighted by molar-refractivity contribution is 1.26. The van der Waals surface area contributed by atoms with E-state index in [1.54, 1.807) is 18.3 Å². The molecule has 0 fully saturated rings. The smallest absolute Gasteiger partial charge is 0.169 e. The van der Waals surface area contributed by atoms with E-state index in [0.29, 0.717) is 11.4 Å². The van der Waals surface area contributed by atoms with Crippen molar-refractivity contribution in [1.29, 1.82) is 5.26 Å². The van der Waals surface area contributed by atoms with Crippen molar-refractivity contribution < 1.29 is 0 Å². The van der Waals surface area contributed by atoms with E-state index in [4.69, 9.17) is 4.74 Å². The first kappa shape index (κ1) is 17.9. The Labute approximate surface area is 165 Å². The topological polar surface area (TPSA) is 49.0 Å². The lowest BCUT2D eigenvalue weighted by atomic mass is 10.3. The Hall–Kier alpha value is -3.47. The standard InChI is InChI=1S/C24H18N3P/c25-19-20-11-10-18-26-24(20)27-28(21-12-4-1-5-13-21,22-14-6-2-7-15-22)23-16-8-3-9-17-23/h1-18H. The molecule has 0 aliphatic heterocycles. The average Bonchev–Trinajstić information content (AvgIpc) is 2.79. The maximum Gasteiger partial charge on any atom is 0.169 e. The van der Waals surface area contributed by atoms with Crippen molar-refractivity contribution in [2.45, 2.75) is 0 Å². The van der Waals surface area contributed by atoms with E-state index in [0.717, 1.165) is 15.9 Å². The van der Waals surface area contributed by atoms with Gasteiger partial charge in [0.05, 0.1) is 12.6 Å². The molecule has 4 heteroatoms. The van der Waals surface area contributed by atoms with Crippen molar-refractivity contribution >= 4 is 28.8 Å². The highest BCUT2D eigenvalue weighted by molar-refractivity contribution is 7.87. The minimum Gasteiger partial charge on any atom is -0.236 e. The van der Waals surface area contributed by atoms with E-state index in [1.165, 1.54) is 0 Å². The van der Waals surface area contributed by atoms with E-state index in [-0.39, 0.29) is 0 Å². The second-order valence-corrected chi connectivity index (χ2v) is 9.25. The molecular weight excluding hydrogens is 361 g/mol. The van der Waals surface area contributed by atoms with Crippen molar-refractivity contribution in [3.8, 4) is 6.07 Å². The Morgan fingerprint density at radius 3 is 1.54 bits per heavy atom. The number of nitrogens with zero attached hydrogens (tertiary/aromatic N) is 3. The van der Waals surface area contributed by atoms with Gasteiger partial charge >= 0.3 is 0 Å². The fourth-order valence-electron chi connectivity index (χ4n) is 3.26. The van der Waals surface area contributed by atoms with Crippen LogP contribution in [0.2, 0.25) is 0 Å². The molecule has 0 saturated carbocycles. The summed E-state index contributed by atoms with van der Waals surface area (Å²) in [6.45, 7) is 0. The molecule has 0 atom stereocenters. The average molecular weight is 379 g/mol. The molecule has 4 aromatic rings. The Bertz CT molecular complexity index is 1060. The summed E-state index contributed by atoms with van der Waals surface area (Å²) in [5.41, 5.74) is 0.481. The van der Waals surface area contributed by atoms with E-state index in [2.05, 4.69) is 47.5 Å². The van der Waals surface area contributed by atoms with Gasteiger partial charge in [-0.05, 0) is 12.1 Å². The molecule has 3 aromatic carbocycles. The van der Waals surface area contributed by atoms with Crippen LogP contribution in [0, 0.1) is 11.3 Å². The first-order chi connectivity index (χ1) is 13.8. The first-order valence-electron chi connectivity index (χ1n) is 8.99. The summed E-state index contributed by atoms with van der Waals surface area (Å²) in [5.74, 6) is 0.481. The highest BCUT2D eigenvalue weighted by Crippen LogP contribution is 2.49. The molecule has 4 rings (SSSR count). The van der Waals surface area contributed by atoms with Crippen molar-refractivity contribution in [3.05, 3.63) is 115 Å². The number of rotatable bonds is 4. The number of nitriles is 1. The van der Waals surface area contributed by atoms with Gasteiger partial charge in [0, 0.05) is 22.1 Å². The lowest BCUT2D eigenvalue weighted by Crippen LogP contribution is -2.25. The third kappa shape index (κ3) is 3.27. The molecule has 0 radical (unpaired) electrons. The largest absolute Gasteiger partial charge is 0.236 e. The van der Waals surface area contributed by atoms with Gasteiger partial charge in [-0.3, -0.25) is 0 Å². The van der Waals surface area contributed by atoms with Gasteiger partial charge < -0.3 is 0 Å². The maximum absolute atomic E-state index is 9.59. The molecule has 1 heterocycles. The highest BCUT2D eigenvalue weighted by Gasteiger charge is 2.28. The molecule has 0 saturated heterocycles. The molecule has 0 unspecified atom stereocenters. The number of benzene rings is 3. The second-order valence-electron chi connectivity index (χ2n) is 6.23. The van der Waals surface area contributed by atoms with Crippen LogP contribution in [0.3, 0.4) is 0 Å². The monoisotopic (exact) mass is 379 g/mol. The summed E-state index contributed by atoms with van der Waals surface area (Å²) in [6, 6.07) is 36.7. The molecule has 0 spiro atoms. The molecule has 0 amide bonds. The predicted molar refractivity (Wildman–Crippen MR) is 116 cm³/mol. The Morgan fingerprint density at radius 1 is 0.643 bits per heavy atom. The minimum atomic E-state index is -2.40. The molecule has 0 bridgehead atoms. The quantitative estimate of drug-likeness (QED) is 0.480. The van der Waals surface area contributed by atoms with Crippen LogP contribution in [0.4, 0.5) is 5.82 Å². The van der Waals surface area contributed by atoms with Crippen molar-refractivity contribution in [1.82, 2.24) is 4.98 Å². The van der Waals surface area contributed by atoms with Gasteiger partial charge in [0.1, 0.15) is 6.07 Å². The predicted octanol–water partition coefficient (Wildman–Crippen LogP) is 4.76. The normalized spacial score (nSPS) is 10.8. The van der Waals surface area contributed by atoms with Gasteiger partial charge in [0.2, 0.25) is 0 Å². The van der Waals surface area contributed by atoms with Crippen molar-refractivity contribution in [2.24, 2.45) is 4.74 Å². The molecule has 3 nitrogen and oxygen atoms in total. The van der Waals surface area contributed by atoms with E-state index < -0.39 is 7.05 Å². The maximum atomic E-state index is 9.59. The van der Waals surface area contributed by atoms with Gasteiger partial charge in [-0.15, -0.1) is 0 Å². The fraction of sp³-hybridized carbons (Fsp3) is 0. The zero-order valence-corrected chi connectivity index (χ0v) is 16.1. The third-order valence-corrected chi connectivity index (χ3v) is 8.17. The second kappa shape index (κ2) is 8.05. The highest BCUT2D eigenvalue weighted by atomic mass is 31.2. The van der Waals surface area contributed by atoms with Crippen LogP contribution in [0.1, 0.15) is 5.56 Å². The van der Waals surface area contributed by atoms with Crippen LogP contribution in [0.15, 0.2) is 114 Å². The first-order valence-corrected chi connectivity index (χ1v) is 10.7. The molecule has 0 N–H and O–H groups in total. The van der Waals surface area contributed by atoms with Crippen molar-refractivity contribution in [2.75, 3.05) is 0 Å². The van der Waals surface area contributed by atoms with Gasteiger partial charge in [0.25, 0.3) is 0 Å². The number of hydrogen-bond acceptors (Lipinski definition) is 3. The van der Waals surface area contributed by atoms with E-state index in [9.17, 15) is 5.26 Å². The molecule has 0 aliphatic rings. The summed E-state index contributed by atoms with van der Waals surface area (Å²) in [7, 11) is -2.40.